The van der Waals surface area contributed by atoms with Crippen molar-refractivity contribution in [3.63, 3.8) is 0 Å². The normalized spacial score (nSPS) is 27.8. The Morgan fingerprint density at radius 2 is 2.00 bits per heavy atom. The number of esters is 1. The molecule has 0 aliphatic carbocycles. The molecule has 0 aromatic carbocycles. The van der Waals surface area contributed by atoms with E-state index in [4.69, 9.17) is 9.47 Å². The van der Waals surface area contributed by atoms with Gasteiger partial charge in [0.2, 0.25) is 0 Å². The third-order valence-electron chi connectivity index (χ3n) is 3.29. The van der Waals surface area contributed by atoms with Gasteiger partial charge in [0.15, 0.2) is 5.60 Å². The van der Waals surface area contributed by atoms with Crippen LogP contribution in [0.1, 0.15) is 59.3 Å². The summed E-state index contributed by atoms with van der Waals surface area (Å²) in [6.45, 7) is 6.73. The summed E-state index contributed by atoms with van der Waals surface area (Å²) >= 11 is 0. The van der Waals surface area contributed by atoms with Crippen LogP contribution >= 0.6 is 0 Å². The van der Waals surface area contributed by atoms with Crippen LogP contribution in [0, 0.1) is 0 Å². The average molecular weight is 228 g/mol. The number of rotatable bonds is 8. The van der Waals surface area contributed by atoms with Gasteiger partial charge in [0.25, 0.3) is 0 Å². The molecule has 0 spiro atoms. The summed E-state index contributed by atoms with van der Waals surface area (Å²) in [4.78, 5) is 11.8. The fraction of sp³-hybridized carbons (Fsp3) is 0.923. The van der Waals surface area contributed by atoms with E-state index in [-0.39, 0.29) is 12.1 Å². The topological polar surface area (TPSA) is 38.8 Å². The number of carbonyl (C=O) groups excluding carboxylic acids is 1. The first-order chi connectivity index (χ1) is 7.71. The van der Waals surface area contributed by atoms with Gasteiger partial charge in [0.05, 0.1) is 12.7 Å². The lowest BCUT2D eigenvalue weighted by Gasteiger charge is -2.10. The molecular weight excluding hydrogens is 204 g/mol. The minimum Gasteiger partial charge on any atom is -0.463 e. The summed E-state index contributed by atoms with van der Waals surface area (Å²) in [6.07, 6.45) is 6.22. The number of ether oxygens (including phenoxy) is 2. The zero-order valence-electron chi connectivity index (χ0n) is 10.8. The number of hydrogen-bond acceptors (Lipinski definition) is 3. The second-order valence-corrected chi connectivity index (χ2v) is 4.45. The zero-order chi connectivity index (χ0) is 12.0. The molecule has 1 aliphatic heterocycles. The largest absolute Gasteiger partial charge is 0.463 e. The Hall–Kier alpha value is -0.570. The summed E-state index contributed by atoms with van der Waals surface area (Å²) in [7, 11) is 0. The van der Waals surface area contributed by atoms with Crippen LogP contribution in [-0.4, -0.2) is 24.3 Å². The van der Waals surface area contributed by atoms with Gasteiger partial charge in [-0.05, 0) is 19.3 Å². The van der Waals surface area contributed by atoms with E-state index in [9.17, 15) is 4.79 Å². The smallest absolute Gasteiger partial charge is 0.341 e. The average Bonchev–Trinajstić information content (AvgIpc) is 3.03. The highest BCUT2D eigenvalue weighted by Crippen LogP contribution is 2.42. The van der Waals surface area contributed by atoms with Crippen molar-refractivity contribution >= 4 is 5.97 Å². The Labute approximate surface area is 98.5 Å². The maximum Gasteiger partial charge on any atom is 0.341 e. The molecule has 3 heteroatoms. The number of hydrogen-bond donors (Lipinski definition) is 0. The molecule has 0 bridgehead atoms. The highest BCUT2D eigenvalue weighted by Gasteiger charge is 2.61. The van der Waals surface area contributed by atoms with Crippen LogP contribution in [0.25, 0.3) is 0 Å². The van der Waals surface area contributed by atoms with E-state index in [1.54, 1.807) is 0 Å². The fourth-order valence-electron chi connectivity index (χ4n) is 2.08. The third kappa shape index (κ3) is 2.97. The van der Waals surface area contributed by atoms with E-state index in [2.05, 4.69) is 6.92 Å². The number of epoxide rings is 1. The van der Waals surface area contributed by atoms with Gasteiger partial charge in [0.1, 0.15) is 0 Å². The first-order valence-electron chi connectivity index (χ1n) is 6.56. The SMILES string of the molecule is CCCCCCOC(=O)C1(CC)OC1CC. The molecule has 16 heavy (non-hydrogen) atoms. The van der Waals surface area contributed by atoms with Gasteiger partial charge in [-0.1, -0.05) is 40.0 Å². The van der Waals surface area contributed by atoms with E-state index in [0.29, 0.717) is 6.61 Å². The molecule has 2 unspecified atom stereocenters. The maximum atomic E-state index is 11.8. The Balaban J connectivity index is 2.20. The lowest BCUT2D eigenvalue weighted by Crippen LogP contribution is -2.29. The molecule has 0 amide bonds. The van der Waals surface area contributed by atoms with Crippen LogP contribution in [0.15, 0.2) is 0 Å². The van der Waals surface area contributed by atoms with Crippen molar-refractivity contribution in [3.8, 4) is 0 Å². The van der Waals surface area contributed by atoms with Crippen molar-refractivity contribution < 1.29 is 14.3 Å². The van der Waals surface area contributed by atoms with Crippen molar-refractivity contribution in [2.24, 2.45) is 0 Å². The molecule has 1 rings (SSSR count). The standard InChI is InChI=1S/C13H24O3/c1-4-7-8-9-10-15-12(14)13(6-3)11(5-2)16-13/h11H,4-10H2,1-3H3. The van der Waals surface area contributed by atoms with Crippen LogP contribution in [0.4, 0.5) is 0 Å². The maximum absolute atomic E-state index is 11.8. The second kappa shape index (κ2) is 6.24. The molecule has 2 atom stereocenters. The minimum atomic E-state index is -0.598. The molecule has 1 heterocycles. The minimum absolute atomic E-state index is 0.0839. The van der Waals surface area contributed by atoms with Crippen molar-refractivity contribution in [3.05, 3.63) is 0 Å². The first kappa shape index (κ1) is 13.5. The molecule has 1 fully saturated rings. The van der Waals surface area contributed by atoms with Crippen molar-refractivity contribution in [2.75, 3.05) is 6.61 Å². The van der Waals surface area contributed by atoms with Crippen LogP contribution in [-0.2, 0) is 14.3 Å². The predicted octanol–water partition coefficient (Wildman–Crippen LogP) is 3.07. The van der Waals surface area contributed by atoms with Gasteiger partial charge in [-0.15, -0.1) is 0 Å². The van der Waals surface area contributed by atoms with Gasteiger partial charge < -0.3 is 9.47 Å². The molecule has 0 aromatic rings. The Kier molecular flexibility index (Phi) is 5.26. The fourth-order valence-corrected chi connectivity index (χ4v) is 2.08. The summed E-state index contributed by atoms with van der Waals surface area (Å²) < 4.78 is 10.7. The highest BCUT2D eigenvalue weighted by molar-refractivity contribution is 5.83. The van der Waals surface area contributed by atoms with Gasteiger partial charge in [-0.3, -0.25) is 0 Å². The number of unbranched alkanes of at least 4 members (excludes halogenated alkanes) is 3. The molecule has 3 nitrogen and oxygen atoms in total. The first-order valence-corrected chi connectivity index (χ1v) is 6.56. The molecule has 0 saturated carbocycles. The van der Waals surface area contributed by atoms with Gasteiger partial charge in [-0.25, -0.2) is 4.79 Å². The quantitative estimate of drug-likeness (QED) is 0.364. The van der Waals surface area contributed by atoms with Crippen LogP contribution in [0.5, 0.6) is 0 Å². The van der Waals surface area contributed by atoms with E-state index >= 15 is 0 Å². The summed E-state index contributed by atoms with van der Waals surface area (Å²) in [5, 5.41) is 0. The van der Waals surface area contributed by atoms with Crippen molar-refractivity contribution in [1.82, 2.24) is 0 Å². The number of carbonyl (C=O) groups is 1. The second-order valence-electron chi connectivity index (χ2n) is 4.45. The summed E-state index contributed by atoms with van der Waals surface area (Å²) in [5.41, 5.74) is -0.598. The molecule has 1 aliphatic rings. The Morgan fingerprint density at radius 3 is 2.50 bits per heavy atom. The van der Waals surface area contributed by atoms with E-state index in [0.717, 1.165) is 25.7 Å². The summed E-state index contributed by atoms with van der Waals surface area (Å²) in [6, 6.07) is 0. The monoisotopic (exact) mass is 228 g/mol. The zero-order valence-corrected chi connectivity index (χ0v) is 10.8. The molecular formula is C13H24O3. The lowest BCUT2D eigenvalue weighted by atomic mass is 10.0. The summed E-state index contributed by atoms with van der Waals surface area (Å²) in [5.74, 6) is -0.154. The van der Waals surface area contributed by atoms with Gasteiger partial charge >= 0.3 is 5.97 Å². The van der Waals surface area contributed by atoms with Crippen LogP contribution in [0.2, 0.25) is 0 Å². The Bertz CT molecular complexity index is 227. The van der Waals surface area contributed by atoms with Crippen LogP contribution < -0.4 is 0 Å². The van der Waals surface area contributed by atoms with Crippen molar-refractivity contribution in [2.45, 2.75) is 71.0 Å². The van der Waals surface area contributed by atoms with E-state index < -0.39 is 5.60 Å². The highest BCUT2D eigenvalue weighted by atomic mass is 16.7. The molecule has 0 aromatic heterocycles. The van der Waals surface area contributed by atoms with Gasteiger partial charge in [-0.2, -0.15) is 0 Å². The third-order valence-corrected chi connectivity index (χ3v) is 3.29. The van der Waals surface area contributed by atoms with E-state index in [1.165, 1.54) is 12.8 Å². The van der Waals surface area contributed by atoms with Gasteiger partial charge in [0, 0.05) is 0 Å². The molecule has 94 valence electrons. The molecule has 1 saturated heterocycles. The van der Waals surface area contributed by atoms with Crippen molar-refractivity contribution in [1.29, 1.82) is 0 Å². The van der Waals surface area contributed by atoms with Crippen LogP contribution in [0.3, 0.4) is 0 Å². The molecule has 0 radical (unpaired) electrons. The lowest BCUT2D eigenvalue weighted by molar-refractivity contribution is -0.150. The Morgan fingerprint density at radius 1 is 1.25 bits per heavy atom. The predicted molar refractivity (Wildman–Crippen MR) is 63.3 cm³/mol. The van der Waals surface area contributed by atoms with E-state index in [1.807, 2.05) is 13.8 Å². The molecule has 0 N–H and O–H groups in total.